The summed E-state index contributed by atoms with van der Waals surface area (Å²) in [5.74, 6) is 0.677. The number of nitrogen functional groups attached to an aromatic ring is 1. The SMILES string of the molecule is CCCCCCC.Cc1nc2ncc(-c3ccn4nc(N)ncc34)cc2n1CC(F)F. The number of hydrogen-bond acceptors (Lipinski definition) is 5. The Balaban J connectivity index is 0.000000339. The van der Waals surface area contributed by atoms with Gasteiger partial charge in [-0.1, -0.05) is 46.0 Å². The Labute approximate surface area is 180 Å². The highest BCUT2D eigenvalue weighted by atomic mass is 19.3. The molecule has 31 heavy (non-hydrogen) atoms. The van der Waals surface area contributed by atoms with Crippen LogP contribution in [0.5, 0.6) is 0 Å². The van der Waals surface area contributed by atoms with Gasteiger partial charge in [-0.25, -0.2) is 28.2 Å². The van der Waals surface area contributed by atoms with Gasteiger partial charge in [0, 0.05) is 23.5 Å². The first kappa shape index (κ1) is 22.6. The lowest BCUT2D eigenvalue weighted by Gasteiger charge is -2.06. The van der Waals surface area contributed by atoms with Crippen LogP contribution in [0.2, 0.25) is 0 Å². The zero-order valence-corrected chi connectivity index (χ0v) is 18.2. The van der Waals surface area contributed by atoms with Crippen LogP contribution in [0.3, 0.4) is 0 Å². The number of halogens is 2. The number of aryl methyl sites for hydroxylation is 1. The molecule has 0 fully saturated rings. The molecule has 2 N–H and O–H groups in total. The lowest BCUT2D eigenvalue weighted by atomic mass is 10.1. The number of nitrogens with two attached hydrogens (primary N) is 1. The van der Waals surface area contributed by atoms with Crippen LogP contribution in [0.25, 0.3) is 27.8 Å². The summed E-state index contributed by atoms with van der Waals surface area (Å²) in [6.07, 6.45) is 9.58. The fraction of sp³-hybridized carbons (Fsp3) is 0.455. The standard InChI is InChI=1S/C15H13F2N7.C7H16/c1-8-21-14-11(23(8)7-13(16)17)4-9(5-19-14)10-2-3-24-12(10)6-20-15(18)22-24;1-3-5-7-6-4-2/h2-6,13H,7H2,1H3,(H2,18,22);3-7H2,1-2H3. The number of alkyl halides is 2. The topological polar surface area (TPSA) is 86.9 Å². The molecule has 0 saturated heterocycles. The van der Waals surface area contributed by atoms with Crippen LogP contribution < -0.4 is 5.73 Å². The van der Waals surface area contributed by atoms with Crippen LogP contribution in [0.15, 0.2) is 30.7 Å². The van der Waals surface area contributed by atoms with Gasteiger partial charge in [-0.05, 0) is 19.1 Å². The molecular weight excluding hydrogens is 400 g/mol. The highest BCUT2D eigenvalue weighted by Gasteiger charge is 2.15. The third kappa shape index (κ3) is 5.34. The average Bonchev–Trinajstić information content (AvgIpc) is 3.29. The van der Waals surface area contributed by atoms with Crippen molar-refractivity contribution in [2.45, 2.75) is 65.8 Å². The fourth-order valence-corrected chi connectivity index (χ4v) is 3.47. The van der Waals surface area contributed by atoms with Gasteiger partial charge in [-0.3, -0.25) is 0 Å². The van der Waals surface area contributed by atoms with Gasteiger partial charge in [0.2, 0.25) is 5.95 Å². The molecule has 4 aromatic rings. The van der Waals surface area contributed by atoms with Gasteiger partial charge in [-0.15, -0.1) is 5.10 Å². The molecule has 4 rings (SSSR count). The first-order valence-corrected chi connectivity index (χ1v) is 10.7. The van der Waals surface area contributed by atoms with Crippen LogP contribution in [-0.4, -0.2) is 35.6 Å². The van der Waals surface area contributed by atoms with Gasteiger partial charge in [0.25, 0.3) is 6.43 Å². The van der Waals surface area contributed by atoms with E-state index in [0.29, 0.717) is 17.0 Å². The van der Waals surface area contributed by atoms with Gasteiger partial charge >= 0.3 is 0 Å². The van der Waals surface area contributed by atoms with Crippen LogP contribution >= 0.6 is 0 Å². The van der Waals surface area contributed by atoms with Crippen LogP contribution in [0.4, 0.5) is 14.7 Å². The van der Waals surface area contributed by atoms with E-state index in [1.807, 2.05) is 6.07 Å². The molecule has 9 heteroatoms. The minimum absolute atomic E-state index is 0.170. The number of aromatic nitrogens is 6. The molecule has 0 bridgehead atoms. The molecule has 0 aliphatic heterocycles. The van der Waals surface area contributed by atoms with E-state index in [1.165, 1.54) is 36.7 Å². The van der Waals surface area contributed by atoms with E-state index in [2.05, 4.69) is 33.9 Å². The van der Waals surface area contributed by atoms with Gasteiger partial charge in [-0.2, -0.15) is 0 Å². The van der Waals surface area contributed by atoms with E-state index in [9.17, 15) is 8.78 Å². The van der Waals surface area contributed by atoms with E-state index in [1.54, 1.807) is 36.1 Å². The normalized spacial score (nSPS) is 11.3. The molecule has 4 heterocycles. The third-order valence-electron chi connectivity index (χ3n) is 5.07. The van der Waals surface area contributed by atoms with Crippen LogP contribution in [0.1, 0.15) is 51.8 Å². The number of hydrogen-bond donors (Lipinski definition) is 1. The van der Waals surface area contributed by atoms with Crippen molar-refractivity contribution >= 4 is 22.6 Å². The predicted molar refractivity (Wildman–Crippen MR) is 119 cm³/mol. The first-order chi connectivity index (χ1) is 14.9. The Hall–Kier alpha value is -3.10. The van der Waals surface area contributed by atoms with Crippen molar-refractivity contribution in [3.05, 3.63) is 36.5 Å². The molecule has 0 radical (unpaired) electrons. The summed E-state index contributed by atoms with van der Waals surface area (Å²) in [5, 5.41) is 4.09. The maximum absolute atomic E-state index is 12.8. The second-order valence-corrected chi connectivity index (χ2v) is 7.46. The number of rotatable bonds is 7. The number of fused-ring (bicyclic) bond motifs is 2. The fourth-order valence-electron chi connectivity index (χ4n) is 3.47. The minimum atomic E-state index is -2.46. The van der Waals surface area contributed by atoms with E-state index >= 15 is 0 Å². The molecule has 0 aromatic carbocycles. The maximum atomic E-state index is 12.8. The lowest BCUT2D eigenvalue weighted by molar-refractivity contribution is 0.127. The number of pyridine rings is 1. The van der Waals surface area contributed by atoms with Gasteiger partial charge in [0.1, 0.15) is 5.82 Å². The lowest BCUT2D eigenvalue weighted by Crippen LogP contribution is -2.08. The minimum Gasteiger partial charge on any atom is -0.367 e. The Morgan fingerprint density at radius 2 is 1.77 bits per heavy atom. The summed E-state index contributed by atoms with van der Waals surface area (Å²) in [6.45, 7) is 5.77. The molecule has 7 nitrogen and oxygen atoms in total. The number of unbranched alkanes of at least 4 members (excludes halogenated alkanes) is 4. The average molecular weight is 430 g/mol. The molecule has 0 aliphatic rings. The Morgan fingerprint density at radius 1 is 1.03 bits per heavy atom. The third-order valence-corrected chi connectivity index (χ3v) is 5.07. The second kappa shape index (κ2) is 10.3. The number of anilines is 1. The molecule has 166 valence electrons. The van der Waals surface area contributed by atoms with Gasteiger partial charge in [0.15, 0.2) is 5.65 Å². The maximum Gasteiger partial charge on any atom is 0.256 e. The second-order valence-electron chi connectivity index (χ2n) is 7.46. The largest absolute Gasteiger partial charge is 0.367 e. The number of nitrogens with zero attached hydrogens (tertiary/aromatic N) is 6. The summed E-state index contributed by atoms with van der Waals surface area (Å²) in [7, 11) is 0. The van der Waals surface area contributed by atoms with Crippen LogP contribution in [0, 0.1) is 6.92 Å². The number of imidazole rings is 1. The predicted octanol–water partition coefficient (Wildman–Crippen LogP) is 5.27. The molecule has 0 aliphatic carbocycles. The van der Waals surface area contributed by atoms with Crippen molar-refractivity contribution < 1.29 is 8.78 Å². The van der Waals surface area contributed by atoms with Crippen molar-refractivity contribution in [1.82, 2.24) is 29.1 Å². The summed E-state index contributed by atoms with van der Waals surface area (Å²) in [4.78, 5) is 12.5. The zero-order valence-electron chi connectivity index (χ0n) is 18.2. The molecule has 4 aromatic heterocycles. The molecule has 0 spiro atoms. The van der Waals surface area contributed by atoms with Crippen molar-refractivity contribution in [1.29, 1.82) is 0 Å². The quantitative estimate of drug-likeness (QED) is 0.404. The molecule has 0 atom stereocenters. The van der Waals surface area contributed by atoms with E-state index in [0.717, 1.165) is 16.6 Å². The summed E-state index contributed by atoms with van der Waals surface area (Å²) < 4.78 is 28.7. The molecule has 0 unspecified atom stereocenters. The van der Waals surface area contributed by atoms with Gasteiger partial charge in [0.05, 0.1) is 23.8 Å². The first-order valence-electron chi connectivity index (χ1n) is 10.7. The smallest absolute Gasteiger partial charge is 0.256 e. The molecular formula is C22H29F2N7. The molecule has 0 saturated carbocycles. The van der Waals surface area contributed by atoms with E-state index in [4.69, 9.17) is 5.73 Å². The van der Waals surface area contributed by atoms with E-state index < -0.39 is 13.0 Å². The van der Waals surface area contributed by atoms with Crippen molar-refractivity contribution in [3.8, 4) is 11.1 Å². The summed E-state index contributed by atoms with van der Waals surface area (Å²) in [6, 6.07) is 3.66. The Kier molecular flexibility index (Phi) is 7.49. The summed E-state index contributed by atoms with van der Waals surface area (Å²) >= 11 is 0. The summed E-state index contributed by atoms with van der Waals surface area (Å²) in [5.41, 5.74) is 8.96. The zero-order chi connectivity index (χ0) is 22.4. The molecule has 0 amide bonds. The van der Waals surface area contributed by atoms with Crippen molar-refractivity contribution in [2.24, 2.45) is 0 Å². The Morgan fingerprint density at radius 3 is 2.45 bits per heavy atom. The van der Waals surface area contributed by atoms with Gasteiger partial charge < -0.3 is 10.3 Å². The highest BCUT2D eigenvalue weighted by Crippen LogP contribution is 2.27. The van der Waals surface area contributed by atoms with E-state index in [-0.39, 0.29) is 5.95 Å². The van der Waals surface area contributed by atoms with Crippen molar-refractivity contribution in [3.63, 3.8) is 0 Å². The van der Waals surface area contributed by atoms with Crippen LogP contribution in [-0.2, 0) is 6.54 Å². The monoisotopic (exact) mass is 429 g/mol. The van der Waals surface area contributed by atoms with Crippen molar-refractivity contribution in [2.75, 3.05) is 5.73 Å². The Bertz CT molecular complexity index is 1130. The highest BCUT2D eigenvalue weighted by molar-refractivity contribution is 5.85.